The molecule has 4 N–H and O–H groups in total. The van der Waals surface area contributed by atoms with Crippen molar-refractivity contribution in [1.29, 1.82) is 0 Å². The van der Waals surface area contributed by atoms with E-state index in [4.69, 9.17) is 22.1 Å². The van der Waals surface area contributed by atoms with Gasteiger partial charge in [-0.15, -0.1) is 24.8 Å². The van der Waals surface area contributed by atoms with Crippen molar-refractivity contribution in [2.45, 2.75) is 50.9 Å². The molecule has 1 aliphatic heterocycles. The number of Topliss-reactive ketones (excluding diaryl/α,β-unsaturated/α-hetero) is 1. The first-order valence-electron chi connectivity index (χ1n) is 16.2. The Hall–Kier alpha value is -4.26. The summed E-state index contributed by atoms with van der Waals surface area (Å²) >= 11 is 5.99. The second-order valence-corrected chi connectivity index (χ2v) is 13.2. The largest absolute Gasteiger partial charge is 0.374 e. The van der Waals surface area contributed by atoms with Crippen molar-refractivity contribution in [3.8, 4) is 0 Å². The van der Waals surface area contributed by atoms with E-state index in [1.807, 2.05) is 60.7 Å². The number of aromatic nitrogens is 2. The lowest BCUT2D eigenvalue weighted by Crippen LogP contribution is -2.56. The summed E-state index contributed by atoms with van der Waals surface area (Å²) in [5.74, 6) is -1.16. The van der Waals surface area contributed by atoms with Crippen molar-refractivity contribution in [2.24, 2.45) is 11.7 Å². The molecule has 11 nitrogen and oxygen atoms in total. The van der Waals surface area contributed by atoms with Gasteiger partial charge in [-0.3, -0.25) is 19.2 Å². The van der Waals surface area contributed by atoms with E-state index >= 15 is 0 Å². The first kappa shape index (κ1) is 41.2. The number of ether oxygens (including phenoxy) is 1. The third-order valence-corrected chi connectivity index (χ3v) is 8.66. The van der Waals surface area contributed by atoms with Gasteiger partial charge >= 0.3 is 0 Å². The highest BCUT2D eigenvalue weighted by Gasteiger charge is 2.33. The molecule has 5 rings (SSSR count). The maximum absolute atomic E-state index is 14.1. The predicted octanol–water partition coefficient (Wildman–Crippen LogP) is 5.47. The van der Waals surface area contributed by atoms with Crippen LogP contribution in [0.1, 0.15) is 54.2 Å². The smallest absolute Gasteiger partial charge is 0.250 e. The summed E-state index contributed by atoms with van der Waals surface area (Å²) in [5, 5.41) is 6.00. The van der Waals surface area contributed by atoms with E-state index in [2.05, 4.69) is 15.6 Å². The summed E-state index contributed by atoms with van der Waals surface area (Å²) in [4.78, 5) is 59.5. The molecule has 1 unspecified atom stereocenters. The molecule has 3 aromatic carbocycles. The number of ketones is 1. The SMILES string of the molecule is CC(C)(N)C(=O)N[C@H](COCc1ccccc1)C(=O)Nc1cn(C(C(=O)N2CCC(C(=O)c3ccc(Cl)cc3)CC2)c2ccccc2)cn1.Cl.Cl. The van der Waals surface area contributed by atoms with Crippen LogP contribution in [-0.4, -0.2) is 69.2 Å². The summed E-state index contributed by atoms with van der Waals surface area (Å²) < 4.78 is 7.44. The van der Waals surface area contributed by atoms with Gasteiger partial charge in [0.25, 0.3) is 5.91 Å². The summed E-state index contributed by atoms with van der Waals surface area (Å²) in [6, 6.07) is 23.8. The molecule has 0 bridgehead atoms. The number of nitrogens with two attached hydrogens (primary N) is 1. The van der Waals surface area contributed by atoms with Gasteiger partial charge in [0.2, 0.25) is 11.8 Å². The summed E-state index contributed by atoms with van der Waals surface area (Å²) in [6.07, 6.45) is 4.16. The molecule has 51 heavy (non-hydrogen) atoms. The van der Waals surface area contributed by atoms with Crippen LogP contribution < -0.4 is 16.4 Å². The number of nitrogens with zero attached hydrogens (tertiary/aromatic N) is 3. The molecule has 2 heterocycles. The number of anilines is 1. The molecule has 14 heteroatoms. The number of hydrogen-bond donors (Lipinski definition) is 3. The first-order chi connectivity index (χ1) is 23.5. The minimum Gasteiger partial charge on any atom is -0.374 e. The highest BCUT2D eigenvalue weighted by atomic mass is 35.5. The summed E-state index contributed by atoms with van der Waals surface area (Å²) in [5.41, 5.74) is 7.03. The number of halogens is 3. The fourth-order valence-corrected chi connectivity index (χ4v) is 5.74. The Kier molecular flexibility index (Phi) is 15.2. The molecule has 1 fully saturated rings. The maximum Gasteiger partial charge on any atom is 0.250 e. The summed E-state index contributed by atoms with van der Waals surface area (Å²) in [6.45, 7) is 4.08. The fraction of sp³-hybridized carbons (Fsp3) is 0.324. The van der Waals surface area contributed by atoms with Gasteiger partial charge in [0, 0.05) is 35.8 Å². The lowest BCUT2D eigenvalue weighted by atomic mass is 9.88. The van der Waals surface area contributed by atoms with Crippen LogP contribution in [-0.2, 0) is 25.7 Å². The Morgan fingerprint density at radius 3 is 2.16 bits per heavy atom. The third-order valence-electron chi connectivity index (χ3n) is 8.41. The molecule has 0 spiro atoms. The third kappa shape index (κ3) is 11.1. The Balaban J connectivity index is 0.00000351. The molecule has 0 aliphatic carbocycles. The average Bonchev–Trinajstić information content (AvgIpc) is 3.56. The van der Waals surface area contributed by atoms with Crippen molar-refractivity contribution < 1.29 is 23.9 Å². The van der Waals surface area contributed by atoms with Gasteiger partial charge in [-0.1, -0.05) is 72.3 Å². The predicted molar refractivity (Wildman–Crippen MR) is 201 cm³/mol. The number of carbonyl (C=O) groups excluding carboxylic acids is 4. The van der Waals surface area contributed by atoms with E-state index in [-0.39, 0.29) is 61.5 Å². The standard InChI is InChI=1S/C37H41ClN6O5.2ClH/c1-37(2,39)36(48)41-30(23-49-22-25-9-5-3-6-10-25)34(46)42-31-21-44(24-40-31)32(26-11-7-4-8-12-26)35(47)43-19-17-28(18-20-43)33(45)27-13-15-29(38)16-14-27;;/h3-16,21,24,28,30,32H,17-20,22-23,39H2,1-2H3,(H,41,48)(H,42,46);2*1H/t30-,32?;;/m1../s1. The van der Waals surface area contributed by atoms with E-state index in [1.54, 1.807) is 53.8 Å². The Morgan fingerprint density at radius 2 is 1.55 bits per heavy atom. The van der Waals surface area contributed by atoms with Crippen molar-refractivity contribution in [3.05, 3.63) is 119 Å². The molecule has 1 saturated heterocycles. The molecule has 3 amide bonds. The first-order valence-corrected chi connectivity index (χ1v) is 16.6. The van der Waals surface area contributed by atoms with Crippen LogP contribution in [0.5, 0.6) is 0 Å². The number of benzene rings is 3. The molecule has 0 radical (unpaired) electrons. The van der Waals surface area contributed by atoms with Crippen LogP contribution in [0, 0.1) is 5.92 Å². The quantitative estimate of drug-likeness (QED) is 0.153. The van der Waals surface area contributed by atoms with Crippen LogP contribution in [0.3, 0.4) is 0 Å². The van der Waals surface area contributed by atoms with Gasteiger partial charge in [0.05, 0.1) is 25.1 Å². The average molecular weight is 758 g/mol. The van der Waals surface area contributed by atoms with Gasteiger partial charge < -0.3 is 30.6 Å². The summed E-state index contributed by atoms with van der Waals surface area (Å²) in [7, 11) is 0. The van der Waals surface area contributed by atoms with Crippen LogP contribution >= 0.6 is 36.4 Å². The van der Waals surface area contributed by atoms with E-state index in [0.717, 1.165) is 11.1 Å². The Morgan fingerprint density at radius 1 is 0.941 bits per heavy atom. The zero-order valence-corrected chi connectivity index (χ0v) is 30.8. The molecule has 272 valence electrons. The Labute approximate surface area is 315 Å². The molecule has 1 aromatic heterocycles. The van der Waals surface area contributed by atoms with Gasteiger partial charge in [0.1, 0.15) is 12.1 Å². The molecule has 2 atom stereocenters. The van der Waals surface area contributed by atoms with Gasteiger partial charge in [-0.05, 0) is 62.1 Å². The van der Waals surface area contributed by atoms with Gasteiger partial charge in [-0.25, -0.2) is 4.98 Å². The Bertz CT molecular complexity index is 1740. The zero-order chi connectivity index (χ0) is 35.0. The maximum atomic E-state index is 14.1. The van der Waals surface area contributed by atoms with E-state index in [0.29, 0.717) is 36.5 Å². The fourth-order valence-electron chi connectivity index (χ4n) is 5.61. The second-order valence-electron chi connectivity index (χ2n) is 12.7. The number of hydrogen-bond acceptors (Lipinski definition) is 7. The molecule has 0 saturated carbocycles. The normalized spacial score (nSPS) is 14.3. The van der Waals surface area contributed by atoms with Crippen molar-refractivity contribution in [3.63, 3.8) is 0 Å². The van der Waals surface area contributed by atoms with Crippen LogP contribution in [0.25, 0.3) is 0 Å². The second kappa shape index (κ2) is 18.8. The van der Waals surface area contributed by atoms with Gasteiger partial charge in [-0.2, -0.15) is 0 Å². The minimum atomic E-state index is -1.22. The number of rotatable bonds is 13. The van der Waals surface area contributed by atoms with Crippen LogP contribution in [0.15, 0.2) is 97.5 Å². The molecular formula is C37H43Cl3N6O5. The van der Waals surface area contributed by atoms with Crippen molar-refractivity contribution >= 4 is 65.7 Å². The number of likely N-dealkylation sites (tertiary alicyclic amines) is 1. The number of carbonyl (C=O) groups is 4. The van der Waals surface area contributed by atoms with E-state index in [1.165, 1.54) is 6.33 Å². The molecular weight excluding hydrogens is 715 g/mol. The lowest BCUT2D eigenvalue weighted by Gasteiger charge is -2.34. The molecule has 4 aromatic rings. The lowest BCUT2D eigenvalue weighted by molar-refractivity contribution is -0.134. The van der Waals surface area contributed by atoms with Crippen LogP contribution in [0.2, 0.25) is 5.02 Å². The van der Waals surface area contributed by atoms with Crippen LogP contribution in [0.4, 0.5) is 5.82 Å². The van der Waals surface area contributed by atoms with Gasteiger partial charge in [0.15, 0.2) is 11.6 Å². The number of imidazole rings is 1. The molecule has 1 aliphatic rings. The zero-order valence-electron chi connectivity index (χ0n) is 28.4. The van der Waals surface area contributed by atoms with Crippen molar-refractivity contribution in [1.82, 2.24) is 19.8 Å². The van der Waals surface area contributed by atoms with E-state index in [9.17, 15) is 19.2 Å². The highest BCUT2D eigenvalue weighted by Crippen LogP contribution is 2.28. The number of piperidine rings is 1. The number of amides is 3. The van der Waals surface area contributed by atoms with Crippen molar-refractivity contribution in [2.75, 3.05) is 25.0 Å². The monoisotopic (exact) mass is 756 g/mol. The van der Waals surface area contributed by atoms with E-state index < -0.39 is 29.4 Å². The number of nitrogens with one attached hydrogen (secondary N) is 2. The topological polar surface area (TPSA) is 149 Å². The highest BCUT2D eigenvalue weighted by molar-refractivity contribution is 6.30. The minimum absolute atomic E-state index is 0.